The smallest absolute Gasteiger partial charge is 0.250 e. The van der Waals surface area contributed by atoms with E-state index in [1.54, 1.807) is 0 Å². The molecule has 5 nitrogen and oxygen atoms in total. The van der Waals surface area contributed by atoms with Gasteiger partial charge in [-0.25, -0.2) is 9.37 Å². The van der Waals surface area contributed by atoms with Gasteiger partial charge >= 0.3 is 0 Å². The molecule has 2 aromatic carbocycles. The Labute approximate surface area is 181 Å². The summed E-state index contributed by atoms with van der Waals surface area (Å²) in [6, 6.07) is 16.9. The number of hydrogen-bond acceptors (Lipinski definition) is 5. The van der Waals surface area contributed by atoms with E-state index in [1.807, 2.05) is 49.4 Å². The Balaban J connectivity index is 1.53. The minimum atomic E-state index is -0.465. The molecule has 0 saturated carbocycles. The molecule has 1 saturated heterocycles. The SMILES string of the molecule is Cc1ccccc1C(CO)c1ccc(N2CC[C@H](Oc3ncccc3F)C2)c(CO)c1. The highest BCUT2D eigenvalue weighted by Crippen LogP contribution is 2.33. The molecule has 2 N–H and O–H groups in total. The van der Waals surface area contributed by atoms with E-state index in [1.165, 1.54) is 18.3 Å². The maximum atomic E-state index is 13.8. The maximum absolute atomic E-state index is 13.8. The second kappa shape index (κ2) is 9.45. The van der Waals surface area contributed by atoms with Gasteiger partial charge in [-0.1, -0.05) is 36.4 Å². The molecule has 0 amide bonds. The molecule has 1 aromatic heterocycles. The Morgan fingerprint density at radius 1 is 1.16 bits per heavy atom. The summed E-state index contributed by atoms with van der Waals surface area (Å²) < 4.78 is 19.6. The molecule has 1 fully saturated rings. The Morgan fingerprint density at radius 2 is 2.00 bits per heavy atom. The van der Waals surface area contributed by atoms with Gasteiger partial charge in [0.25, 0.3) is 5.88 Å². The molecule has 0 aliphatic carbocycles. The number of nitrogens with zero attached hydrogens (tertiary/aromatic N) is 2. The molecule has 6 heteroatoms. The summed E-state index contributed by atoms with van der Waals surface area (Å²) in [5.74, 6) is -0.592. The highest BCUT2D eigenvalue weighted by atomic mass is 19.1. The number of ether oxygens (including phenoxy) is 1. The topological polar surface area (TPSA) is 65.8 Å². The maximum Gasteiger partial charge on any atom is 0.250 e. The molecule has 2 atom stereocenters. The minimum absolute atomic E-state index is 0.00959. The highest BCUT2D eigenvalue weighted by molar-refractivity contribution is 5.57. The molecule has 2 heterocycles. The van der Waals surface area contributed by atoms with Crippen molar-refractivity contribution >= 4 is 5.69 Å². The highest BCUT2D eigenvalue weighted by Gasteiger charge is 2.27. The molecule has 3 aromatic rings. The standard InChI is InChI=1S/C25H27FN2O3/c1-17-5-2-3-6-21(17)22(16-30)18-8-9-24(19(13-18)15-29)28-12-10-20(14-28)31-25-23(26)7-4-11-27-25/h2-9,11,13,20,22,29-30H,10,12,14-16H2,1H3/t20-,22?/m0/s1. The number of aryl methyl sites for hydroxylation is 1. The van der Waals surface area contributed by atoms with Crippen molar-refractivity contribution in [3.05, 3.63) is 88.9 Å². The molecular formula is C25H27FN2O3. The Hall–Kier alpha value is -2.96. The largest absolute Gasteiger partial charge is 0.470 e. The molecule has 0 spiro atoms. The van der Waals surface area contributed by atoms with E-state index in [2.05, 4.69) is 9.88 Å². The van der Waals surface area contributed by atoms with Crippen LogP contribution in [0.15, 0.2) is 60.8 Å². The van der Waals surface area contributed by atoms with Crippen LogP contribution < -0.4 is 9.64 Å². The fourth-order valence-corrected chi connectivity index (χ4v) is 4.28. The van der Waals surface area contributed by atoms with Crippen LogP contribution in [0.4, 0.5) is 10.1 Å². The van der Waals surface area contributed by atoms with Gasteiger partial charge in [0.1, 0.15) is 6.10 Å². The summed E-state index contributed by atoms with van der Waals surface area (Å²) in [4.78, 5) is 6.11. The first-order valence-corrected chi connectivity index (χ1v) is 10.5. The molecule has 4 rings (SSSR count). The number of hydrogen-bond donors (Lipinski definition) is 2. The zero-order valence-electron chi connectivity index (χ0n) is 17.5. The predicted molar refractivity (Wildman–Crippen MR) is 118 cm³/mol. The van der Waals surface area contributed by atoms with Crippen molar-refractivity contribution in [2.45, 2.75) is 32.0 Å². The van der Waals surface area contributed by atoms with Gasteiger partial charge in [-0.2, -0.15) is 0 Å². The summed E-state index contributed by atoms with van der Waals surface area (Å²) in [5.41, 5.74) is 4.90. The number of rotatable bonds is 7. The summed E-state index contributed by atoms with van der Waals surface area (Å²) in [5, 5.41) is 20.1. The van der Waals surface area contributed by atoms with Crippen molar-refractivity contribution in [2.75, 3.05) is 24.6 Å². The van der Waals surface area contributed by atoms with Gasteiger partial charge in [-0.3, -0.25) is 0 Å². The summed E-state index contributed by atoms with van der Waals surface area (Å²) in [7, 11) is 0. The first-order chi connectivity index (χ1) is 15.1. The van der Waals surface area contributed by atoms with Gasteiger partial charge in [0.2, 0.25) is 0 Å². The van der Waals surface area contributed by atoms with Gasteiger partial charge in [0, 0.05) is 36.3 Å². The normalized spacial score (nSPS) is 17.0. The number of pyridine rings is 1. The van der Waals surface area contributed by atoms with Crippen LogP contribution in [-0.2, 0) is 6.61 Å². The third kappa shape index (κ3) is 4.55. The lowest BCUT2D eigenvalue weighted by Crippen LogP contribution is -2.26. The molecule has 0 radical (unpaired) electrons. The molecule has 162 valence electrons. The average molecular weight is 423 g/mol. The zero-order chi connectivity index (χ0) is 21.8. The Kier molecular flexibility index (Phi) is 6.49. The van der Waals surface area contributed by atoms with Gasteiger partial charge < -0.3 is 19.8 Å². The fraction of sp³-hybridized carbons (Fsp3) is 0.320. The molecule has 0 bridgehead atoms. The van der Waals surface area contributed by atoms with Crippen molar-refractivity contribution in [2.24, 2.45) is 0 Å². The lowest BCUT2D eigenvalue weighted by atomic mass is 9.88. The minimum Gasteiger partial charge on any atom is -0.470 e. The van der Waals surface area contributed by atoms with E-state index < -0.39 is 5.82 Å². The average Bonchev–Trinajstić information content (AvgIpc) is 3.25. The first-order valence-electron chi connectivity index (χ1n) is 10.5. The van der Waals surface area contributed by atoms with Crippen LogP contribution in [0.1, 0.15) is 34.6 Å². The van der Waals surface area contributed by atoms with Crippen LogP contribution >= 0.6 is 0 Å². The van der Waals surface area contributed by atoms with Crippen LogP contribution in [-0.4, -0.2) is 41.0 Å². The number of benzene rings is 2. The molecule has 1 unspecified atom stereocenters. The first kappa shape index (κ1) is 21.3. The lowest BCUT2D eigenvalue weighted by Gasteiger charge is -2.24. The van der Waals surface area contributed by atoms with Crippen LogP contribution in [0.3, 0.4) is 0 Å². The number of aliphatic hydroxyl groups is 2. The van der Waals surface area contributed by atoms with Gasteiger partial charge in [-0.05, 0) is 41.8 Å². The quantitative estimate of drug-likeness (QED) is 0.606. The second-order valence-electron chi connectivity index (χ2n) is 7.90. The summed E-state index contributed by atoms with van der Waals surface area (Å²) in [6.07, 6.45) is 2.08. The van der Waals surface area contributed by atoms with E-state index in [4.69, 9.17) is 4.74 Å². The van der Waals surface area contributed by atoms with Gasteiger partial charge in [0.15, 0.2) is 5.82 Å². The third-order valence-corrected chi connectivity index (χ3v) is 5.91. The lowest BCUT2D eigenvalue weighted by molar-refractivity contribution is 0.205. The van der Waals surface area contributed by atoms with Gasteiger partial charge in [0.05, 0.1) is 19.8 Å². The molecule has 1 aliphatic rings. The van der Waals surface area contributed by atoms with Crippen LogP contribution in [0, 0.1) is 12.7 Å². The van der Waals surface area contributed by atoms with Crippen molar-refractivity contribution < 1.29 is 19.3 Å². The molecular weight excluding hydrogens is 395 g/mol. The second-order valence-corrected chi connectivity index (χ2v) is 7.90. The van der Waals surface area contributed by atoms with Crippen molar-refractivity contribution in [1.29, 1.82) is 0 Å². The van der Waals surface area contributed by atoms with Crippen molar-refractivity contribution in [3.8, 4) is 5.88 Å². The zero-order valence-corrected chi connectivity index (χ0v) is 17.5. The molecule has 1 aliphatic heterocycles. The van der Waals surface area contributed by atoms with Crippen molar-refractivity contribution in [1.82, 2.24) is 4.98 Å². The summed E-state index contributed by atoms with van der Waals surface area (Å²) in [6.45, 7) is 3.25. The monoisotopic (exact) mass is 422 g/mol. The predicted octanol–water partition coefficient (Wildman–Crippen LogP) is 3.80. The van der Waals surface area contributed by atoms with E-state index in [0.29, 0.717) is 6.54 Å². The van der Waals surface area contributed by atoms with E-state index >= 15 is 0 Å². The van der Waals surface area contributed by atoms with E-state index in [9.17, 15) is 14.6 Å². The Bertz CT molecular complexity index is 1040. The third-order valence-electron chi connectivity index (χ3n) is 5.91. The van der Waals surface area contributed by atoms with Crippen LogP contribution in [0.5, 0.6) is 5.88 Å². The molecule has 31 heavy (non-hydrogen) atoms. The van der Waals surface area contributed by atoms with Crippen LogP contribution in [0.25, 0.3) is 0 Å². The van der Waals surface area contributed by atoms with E-state index in [0.717, 1.165) is 40.9 Å². The number of halogens is 1. The number of anilines is 1. The number of aliphatic hydroxyl groups excluding tert-OH is 2. The number of aromatic nitrogens is 1. The summed E-state index contributed by atoms with van der Waals surface area (Å²) >= 11 is 0. The van der Waals surface area contributed by atoms with Crippen molar-refractivity contribution in [3.63, 3.8) is 0 Å². The Morgan fingerprint density at radius 3 is 2.74 bits per heavy atom. The van der Waals surface area contributed by atoms with E-state index in [-0.39, 0.29) is 31.1 Å². The van der Waals surface area contributed by atoms with Crippen LogP contribution in [0.2, 0.25) is 0 Å². The van der Waals surface area contributed by atoms with Gasteiger partial charge in [-0.15, -0.1) is 0 Å². The fourth-order valence-electron chi connectivity index (χ4n) is 4.28.